The van der Waals surface area contributed by atoms with E-state index in [0.29, 0.717) is 16.8 Å². The van der Waals surface area contributed by atoms with E-state index in [0.717, 1.165) is 8.95 Å². The molecule has 0 aliphatic heterocycles. The van der Waals surface area contributed by atoms with Crippen LogP contribution in [0.3, 0.4) is 0 Å². The minimum atomic E-state index is -0.254. The third kappa shape index (κ3) is 3.43. The third-order valence-corrected chi connectivity index (χ3v) is 3.42. The van der Waals surface area contributed by atoms with Crippen molar-refractivity contribution in [3.63, 3.8) is 0 Å². The smallest absolute Gasteiger partial charge is 0.255 e. The molecule has 0 heterocycles. The third-order valence-electron chi connectivity index (χ3n) is 2.44. The molecule has 5 heteroatoms. The number of halogens is 2. The first-order chi connectivity index (χ1) is 9.10. The highest BCUT2D eigenvalue weighted by Crippen LogP contribution is 2.22. The van der Waals surface area contributed by atoms with Crippen molar-refractivity contribution in [3.05, 3.63) is 62.5 Å². The first-order valence-corrected chi connectivity index (χ1v) is 6.95. The molecule has 0 saturated carbocycles. The lowest BCUT2D eigenvalue weighted by Crippen LogP contribution is -2.12. The van der Waals surface area contributed by atoms with Crippen molar-refractivity contribution in [1.82, 2.24) is 0 Å². The van der Waals surface area contributed by atoms with E-state index in [2.05, 4.69) is 37.2 Å². The molecule has 0 radical (unpaired) electrons. The predicted molar refractivity (Wildman–Crippen MR) is 81.0 cm³/mol. The summed E-state index contributed by atoms with van der Waals surface area (Å²) in [6.45, 7) is 0. The zero-order valence-electron chi connectivity index (χ0n) is 9.65. The van der Waals surface area contributed by atoms with Crippen LogP contribution in [0.15, 0.2) is 51.4 Å². The Morgan fingerprint density at radius 1 is 1.11 bits per heavy atom. The van der Waals surface area contributed by atoms with Crippen molar-refractivity contribution in [2.75, 3.05) is 5.32 Å². The molecule has 0 aliphatic carbocycles. The number of nitrogens with zero attached hydrogens (tertiary/aromatic N) is 1. The quantitative estimate of drug-likeness (QED) is 0.843. The number of rotatable bonds is 2. The van der Waals surface area contributed by atoms with Crippen molar-refractivity contribution in [1.29, 1.82) is 5.26 Å². The predicted octanol–water partition coefficient (Wildman–Crippen LogP) is 4.34. The summed E-state index contributed by atoms with van der Waals surface area (Å²) < 4.78 is 1.63. The lowest BCUT2D eigenvalue weighted by atomic mass is 10.1. The number of hydrogen-bond acceptors (Lipinski definition) is 2. The molecule has 3 nitrogen and oxygen atoms in total. The molecule has 1 N–H and O–H groups in total. The Morgan fingerprint density at radius 2 is 1.84 bits per heavy atom. The van der Waals surface area contributed by atoms with E-state index in [-0.39, 0.29) is 5.91 Å². The molecule has 1 amide bonds. The monoisotopic (exact) mass is 378 g/mol. The van der Waals surface area contributed by atoms with Gasteiger partial charge in [-0.05, 0) is 36.4 Å². The van der Waals surface area contributed by atoms with E-state index in [4.69, 9.17) is 5.26 Å². The molecule has 0 atom stereocenters. The van der Waals surface area contributed by atoms with E-state index < -0.39 is 0 Å². The maximum absolute atomic E-state index is 12.1. The van der Waals surface area contributed by atoms with Gasteiger partial charge in [-0.15, -0.1) is 0 Å². The second-order valence-electron chi connectivity index (χ2n) is 3.77. The van der Waals surface area contributed by atoms with Crippen LogP contribution in [0, 0.1) is 11.3 Å². The summed E-state index contributed by atoms with van der Waals surface area (Å²) >= 11 is 6.63. The highest BCUT2D eigenvalue weighted by molar-refractivity contribution is 9.10. The second kappa shape index (κ2) is 6.00. The van der Waals surface area contributed by atoms with Crippen molar-refractivity contribution < 1.29 is 4.79 Å². The Morgan fingerprint density at radius 3 is 2.53 bits per heavy atom. The van der Waals surface area contributed by atoms with E-state index in [1.807, 2.05) is 12.1 Å². The molecule has 19 heavy (non-hydrogen) atoms. The number of nitriles is 1. The van der Waals surface area contributed by atoms with Gasteiger partial charge in [-0.3, -0.25) is 4.79 Å². The Labute approximate surface area is 127 Å². The van der Waals surface area contributed by atoms with Gasteiger partial charge in [0.2, 0.25) is 0 Å². The summed E-state index contributed by atoms with van der Waals surface area (Å²) in [4.78, 5) is 12.1. The summed E-state index contributed by atoms with van der Waals surface area (Å²) in [7, 11) is 0. The van der Waals surface area contributed by atoms with Gasteiger partial charge in [-0.25, -0.2) is 0 Å². The molecule has 0 aliphatic rings. The van der Waals surface area contributed by atoms with Crippen LogP contribution in [0.25, 0.3) is 0 Å². The number of benzene rings is 2. The summed E-state index contributed by atoms with van der Waals surface area (Å²) in [5, 5.41) is 11.7. The van der Waals surface area contributed by atoms with Crippen LogP contribution in [0.5, 0.6) is 0 Å². The van der Waals surface area contributed by atoms with Gasteiger partial charge in [-0.2, -0.15) is 5.26 Å². The number of anilines is 1. The normalized spacial score (nSPS) is 9.74. The molecule has 0 fully saturated rings. The van der Waals surface area contributed by atoms with Crippen LogP contribution < -0.4 is 5.32 Å². The maximum atomic E-state index is 12.1. The summed E-state index contributed by atoms with van der Waals surface area (Å²) in [6.07, 6.45) is 0. The van der Waals surface area contributed by atoms with Crippen LogP contribution in [-0.4, -0.2) is 5.91 Å². The van der Waals surface area contributed by atoms with E-state index in [1.54, 1.807) is 36.4 Å². The van der Waals surface area contributed by atoms with E-state index in [1.165, 1.54) is 0 Å². The van der Waals surface area contributed by atoms with Gasteiger partial charge in [0.05, 0.1) is 11.3 Å². The molecule has 2 aromatic rings. The Balaban J connectivity index is 2.29. The molecular weight excluding hydrogens is 372 g/mol. The average Bonchev–Trinajstić information content (AvgIpc) is 2.39. The Bertz CT molecular complexity index is 677. The van der Waals surface area contributed by atoms with Crippen molar-refractivity contribution in [2.45, 2.75) is 0 Å². The number of nitrogens with one attached hydrogen (secondary N) is 1. The van der Waals surface area contributed by atoms with Gasteiger partial charge >= 0.3 is 0 Å². The Hall–Kier alpha value is -1.64. The van der Waals surface area contributed by atoms with Gasteiger partial charge < -0.3 is 5.32 Å². The highest BCUT2D eigenvalue weighted by Gasteiger charge is 2.09. The van der Waals surface area contributed by atoms with Crippen LogP contribution >= 0.6 is 31.9 Å². The zero-order chi connectivity index (χ0) is 13.8. The second-order valence-corrected chi connectivity index (χ2v) is 5.60. The van der Waals surface area contributed by atoms with E-state index >= 15 is 0 Å². The number of amides is 1. The van der Waals surface area contributed by atoms with Crippen LogP contribution in [-0.2, 0) is 0 Å². The van der Waals surface area contributed by atoms with Crippen LogP contribution in [0.4, 0.5) is 5.69 Å². The van der Waals surface area contributed by atoms with E-state index in [9.17, 15) is 4.79 Å². The number of carbonyl (C=O) groups excluding carboxylic acids is 1. The molecule has 0 bridgehead atoms. The molecule has 0 unspecified atom stereocenters. The maximum Gasteiger partial charge on any atom is 0.255 e. The van der Waals surface area contributed by atoms with Gasteiger partial charge in [0.1, 0.15) is 6.07 Å². The topological polar surface area (TPSA) is 52.9 Å². The van der Waals surface area contributed by atoms with Gasteiger partial charge in [-0.1, -0.05) is 37.9 Å². The SMILES string of the molecule is N#Cc1ccc(Br)cc1NC(=O)c1cccc(Br)c1. The Kier molecular flexibility index (Phi) is 4.35. The fourth-order valence-corrected chi connectivity index (χ4v) is 2.30. The molecule has 0 saturated heterocycles. The standard InChI is InChI=1S/C14H8Br2N2O/c15-11-3-1-2-9(6-11)14(19)18-13-7-12(16)5-4-10(13)8-17/h1-7H,(H,18,19). The van der Waals surface area contributed by atoms with Crippen molar-refractivity contribution in [3.8, 4) is 6.07 Å². The largest absolute Gasteiger partial charge is 0.321 e. The van der Waals surface area contributed by atoms with Crippen LogP contribution in [0.2, 0.25) is 0 Å². The van der Waals surface area contributed by atoms with Gasteiger partial charge in [0, 0.05) is 14.5 Å². The minimum Gasteiger partial charge on any atom is -0.321 e. The average molecular weight is 380 g/mol. The fraction of sp³-hybridized carbons (Fsp3) is 0. The van der Waals surface area contributed by atoms with Crippen molar-refractivity contribution >= 4 is 43.5 Å². The number of carbonyl (C=O) groups is 1. The van der Waals surface area contributed by atoms with Crippen molar-refractivity contribution in [2.24, 2.45) is 0 Å². The molecule has 2 aromatic carbocycles. The summed E-state index contributed by atoms with van der Waals surface area (Å²) in [5.74, 6) is -0.254. The molecule has 0 spiro atoms. The molecule has 94 valence electrons. The first kappa shape index (κ1) is 13.8. The van der Waals surface area contributed by atoms with Gasteiger partial charge in [0.15, 0.2) is 0 Å². The first-order valence-electron chi connectivity index (χ1n) is 5.37. The lowest BCUT2D eigenvalue weighted by molar-refractivity contribution is 0.102. The van der Waals surface area contributed by atoms with Gasteiger partial charge in [0.25, 0.3) is 5.91 Å². The summed E-state index contributed by atoms with van der Waals surface area (Å²) in [6, 6.07) is 14.2. The lowest BCUT2D eigenvalue weighted by Gasteiger charge is -2.07. The highest BCUT2D eigenvalue weighted by atomic mass is 79.9. The van der Waals surface area contributed by atoms with Crippen LogP contribution in [0.1, 0.15) is 15.9 Å². The fourth-order valence-electron chi connectivity index (χ4n) is 1.54. The zero-order valence-corrected chi connectivity index (χ0v) is 12.8. The number of hydrogen-bond donors (Lipinski definition) is 1. The molecular formula is C14H8Br2N2O. The summed E-state index contributed by atoms with van der Waals surface area (Å²) in [5.41, 5.74) is 1.44. The molecule has 0 aromatic heterocycles. The minimum absolute atomic E-state index is 0.254. The molecule has 2 rings (SSSR count).